The molecule has 2 aromatic heterocycles. The molecule has 18 heavy (non-hydrogen) atoms. The van der Waals surface area contributed by atoms with Gasteiger partial charge in [-0.3, -0.25) is 4.68 Å². The number of benzene rings is 1. The highest BCUT2D eigenvalue weighted by Gasteiger charge is 2.09. The lowest BCUT2D eigenvalue weighted by atomic mass is 10.3. The highest BCUT2D eigenvalue weighted by atomic mass is 19.1. The molecule has 0 radical (unpaired) electrons. The van der Waals surface area contributed by atoms with E-state index < -0.39 is 0 Å². The van der Waals surface area contributed by atoms with Gasteiger partial charge in [0.15, 0.2) is 0 Å². The zero-order chi connectivity index (χ0) is 12.7. The molecular formula is C12H12FN5. The van der Waals surface area contributed by atoms with Crippen LogP contribution in [0.3, 0.4) is 0 Å². The number of hydrogen-bond acceptors (Lipinski definition) is 3. The normalized spacial score (nSPS) is 11.2. The molecule has 0 saturated heterocycles. The van der Waals surface area contributed by atoms with Crippen LogP contribution in [0.2, 0.25) is 0 Å². The topological polar surface area (TPSA) is 61.7 Å². The molecule has 3 rings (SSSR count). The maximum Gasteiger partial charge on any atom is 0.131 e. The molecule has 0 saturated carbocycles. The van der Waals surface area contributed by atoms with E-state index in [1.54, 1.807) is 23.1 Å². The van der Waals surface area contributed by atoms with Crippen LogP contribution in [0.15, 0.2) is 30.6 Å². The number of nitrogens with zero attached hydrogens (tertiary/aromatic N) is 4. The first-order valence-electron chi connectivity index (χ1n) is 5.52. The lowest BCUT2D eigenvalue weighted by molar-refractivity contribution is 0.626. The van der Waals surface area contributed by atoms with Gasteiger partial charge in [-0.05, 0) is 18.2 Å². The molecule has 0 aliphatic rings. The summed E-state index contributed by atoms with van der Waals surface area (Å²) in [5.74, 6) is 0.541. The Morgan fingerprint density at radius 3 is 2.94 bits per heavy atom. The van der Waals surface area contributed by atoms with Crippen molar-refractivity contribution in [1.29, 1.82) is 0 Å². The molecule has 3 aromatic rings. The molecule has 0 aliphatic heterocycles. The standard InChI is InChI=1S/C12H12FN5/c1-17-11-4-8(13)2-3-10(11)16-12(17)7-18-6-9(14)5-15-18/h2-6H,7,14H2,1H3. The van der Waals surface area contributed by atoms with Gasteiger partial charge >= 0.3 is 0 Å². The van der Waals surface area contributed by atoms with Crippen molar-refractivity contribution in [1.82, 2.24) is 19.3 Å². The van der Waals surface area contributed by atoms with E-state index in [9.17, 15) is 4.39 Å². The van der Waals surface area contributed by atoms with E-state index in [1.165, 1.54) is 12.1 Å². The number of anilines is 1. The Balaban J connectivity index is 2.04. The lowest BCUT2D eigenvalue weighted by Gasteiger charge is -2.02. The maximum atomic E-state index is 13.2. The summed E-state index contributed by atoms with van der Waals surface area (Å²) >= 11 is 0. The van der Waals surface area contributed by atoms with Crippen LogP contribution in [0.4, 0.5) is 10.1 Å². The average Bonchev–Trinajstić information content (AvgIpc) is 2.86. The SMILES string of the molecule is Cn1c(Cn2cc(N)cn2)nc2ccc(F)cc21. The third-order valence-corrected chi connectivity index (χ3v) is 2.89. The Hall–Kier alpha value is -2.37. The first-order chi connectivity index (χ1) is 8.63. The van der Waals surface area contributed by atoms with Crippen molar-refractivity contribution in [3.05, 3.63) is 42.2 Å². The molecule has 6 heteroatoms. The molecule has 0 bridgehead atoms. The minimum Gasteiger partial charge on any atom is -0.396 e. The van der Waals surface area contributed by atoms with Gasteiger partial charge in [-0.25, -0.2) is 9.37 Å². The second-order valence-electron chi connectivity index (χ2n) is 4.19. The van der Waals surface area contributed by atoms with Crippen LogP contribution in [0.25, 0.3) is 11.0 Å². The number of halogens is 1. The van der Waals surface area contributed by atoms with Gasteiger partial charge in [0, 0.05) is 13.2 Å². The van der Waals surface area contributed by atoms with E-state index >= 15 is 0 Å². The highest BCUT2D eigenvalue weighted by molar-refractivity contribution is 5.75. The molecule has 2 heterocycles. The quantitative estimate of drug-likeness (QED) is 0.745. The van der Waals surface area contributed by atoms with Gasteiger partial charge in [-0.1, -0.05) is 0 Å². The zero-order valence-electron chi connectivity index (χ0n) is 9.84. The summed E-state index contributed by atoms with van der Waals surface area (Å²) in [4.78, 5) is 4.45. The molecule has 0 aliphatic carbocycles. The first-order valence-corrected chi connectivity index (χ1v) is 5.52. The van der Waals surface area contributed by atoms with Crippen LogP contribution in [0, 0.1) is 5.82 Å². The van der Waals surface area contributed by atoms with Gasteiger partial charge in [0.25, 0.3) is 0 Å². The van der Waals surface area contributed by atoms with Gasteiger partial charge in [-0.2, -0.15) is 5.10 Å². The molecule has 0 atom stereocenters. The number of imidazole rings is 1. The predicted molar refractivity (Wildman–Crippen MR) is 66.4 cm³/mol. The average molecular weight is 245 g/mol. The molecule has 2 N–H and O–H groups in total. The zero-order valence-corrected chi connectivity index (χ0v) is 9.84. The predicted octanol–water partition coefficient (Wildman–Crippen LogP) is 1.54. The number of aromatic nitrogens is 4. The van der Waals surface area contributed by atoms with Crippen molar-refractivity contribution in [3.8, 4) is 0 Å². The maximum absolute atomic E-state index is 13.2. The molecule has 92 valence electrons. The summed E-state index contributed by atoms with van der Waals surface area (Å²) in [6, 6.07) is 4.56. The van der Waals surface area contributed by atoms with Crippen molar-refractivity contribution in [2.24, 2.45) is 7.05 Å². The van der Waals surface area contributed by atoms with Gasteiger partial charge in [-0.15, -0.1) is 0 Å². The van der Waals surface area contributed by atoms with Crippen molar-refractivity contribution in [3.63, 3.8) is 0 Å². The van der Waals surface area contributed by atoms with Crippen LogP contribution >= 0.6 is 0 Å². The first kappa shape index (κ1) is 10.8. The highest BCUT2D eigenvalue weighted by Crippen LogP contribution is 2.17. The number of aryl methyl sites for hydroxylation is 1. The van der Waals surface area contributed by atoms with E-state index in [0.29, 0.717) is 12.2 Å². The molecule has 0 spiro atoms. The minimum absolute atomic E-state index is 0.264. The number of nitrogens with two attached hydrogens (primary N) is 1. The summed E-state index contributed by atoms with van der Waals surface area (Å²) in [5, 5.41) is 4.10. The van der Waals surface area contributed by atoms with E-state index in [4.69, 9.17) is 5.73 Å². The van der Waals surface area contributed by atoms with Crippen molar-refractivity contribution in [2.45, 2.75) is 6.54 Å². The summed E-state index contributed by atoms with van der Waals surface area (Å²) < 4.78 is 16.7. The van der Waals surface area contributed by atoms with Gasteiger partial charge in [0.05, 0.1) is 29.5 Å². The molecule has 0 amide bonds. The Labute approximate surface area is 103 Å². The van der Waals surface area contributed by atoms with E-state index in [1.807, 2.05) is 11.6 Å². The second kappa shape index (κ2) is 3.83. The summed E-state index contributed by atoms with van der Waals surface area (Å²) in [7, 11) is 1.86. The Bertz CT molecular complexity index is 712. The Morgan fingerprint density at radius 1 is 1.39 bits per heavy atom. The van der Waals surface area contributed by atoms with Gasteiger partial charge < -0.3 is 10.3 Å². The fourth-order valence-corrected chi connectivity index (χ4v) is 1.97. The number of rotatable bonds is 2. The van der Waals surface area contributed by atoms with Crippen molar-refractivity contribution in [2.75, 3.05) is 5.73 Å². The van der Waals surface area contributed by atoms with Crippen LogP contribution < -0.4 is 5.73 Å². The monoisotopic (exact) mass is 245 g/mol. The third kappa shape index (κ3) is 1.71. The lowest BCUT2D eigenvalue weighted by Crippen LogP contribution is -2.06. The van der Waals surface area contributed by atoms with E-state index in [2.05, 4.69) is 10.1 Å². The Kier molecular flexibility index (Phi) is 2.29. The fourth-order valence-electron chi connectivity index (χ4n) is 1.97. The molecular weight excluding hydrogens is 233 g/mol. The van der Waals surface area contributed by atoms with Gasteiger partial charge in [0.1, 0.15) is 11.6 Å². The smallest absolute Gasteiger partial charge is 0.131 e. The summed E-state index contributed by atoms with van der Waals surface area (Å²) in [5.41, 5.74) is 7.76. The van der Waals surface area contributed by atoms with E-state index in [-0.39, 0.29) is 5.82 Å². The third-order valence-electron chi connectivity index (χ3n) is 2.89. The summed E-state index contributed by atoms with van der Waals surface area (Å²) in [6.45, 7) is 0.504. The van der Waals surface area contributed by atoms with Crippen molar-refractivity contribution < 1.29 is 4.39 Å². The number of hydrogen-bond donors (Lipinski definition) is 1. The largest absolute Gasteiger partial charge is 0.396 e. The molecule has 0 fully saturated rings. The van der Waals surface area contributed by atoms with Crippen LogP contribution in [-0.2, 0) is 13.6 Å². The summed E-state index contributed by atoms with van der Waals surface area (Å²) in [6.07, 6.45) is 3.32. The minimum atomic E-state index is -0.264. The number of fused-ring (bicyclic) bond motifs is 1. The van der Waals surface area contributed by atoms with Crippen LogP contribution in [-0.4, -0.2) is 19.3 Å². The van der Waals surface area contributed by atoms with Gasteiger partial charge in [0.2, 0.25) is 0 Å². The molecule has 1 aromatic carbocycles. The van der Waals surface area contributed by atoms with Crippen LogP contribution in [0.5, 0.6) is 0 Å². The van der Waals surface area contributed by atoms with E-state index in [0.717, 1.165) is 16.9 Å². The fraction of sp³-hybridized carbons (Fsp3) is 0.167. The second-order valence-corrected chi connectivity index (χ2v) is 4.19. The molecule has 0 unspecified atom stereocenters. The number of nitrogen functional groups attached to an aromatic ring is 1. The van der Waals surface area contributed by atoms with Crippen molar-refractivity contribution >= 4 is 16.7 Å². The Morgan fingerprint density at radius 2 is 2.22 bits per heavy atom. The van der Waals surface area contributed by atoms with Crippen LogP contribution in [0.1, 0.15) is 5.82 Å². The molecule has 5 nitrogen and oxygen atoms in total.